The molecule has 1 aliphatic heterocycles. The number of benzene rings is 2. The van der Waals surface area contributed by atoms with Crippen molar-refractivity contribution < 1.29 is 0 Å². The monoisotopic (exact) mass is 276 g/mol. The van der Waals surface area contributed by atoms with Crippen LogP contribution in [0.3, 0.4) is 0 Å². The van der Waals surface area contributed by atoms with Gasteiger partial charge in [0.2, 0.25) is 0 Å². The second kappa shape index (κ2) is 5.96. The highest BCUT2D eigenvalue weighted by atomic mass is 15.1. The minimum Gasteiger partial charge on any atom is -0.378 e. The summed E-state index contributed by atoms with van der Waals surface area (Å²) in [6, 6.07) is 17.1. The highest BCUT2D eigenvalue weighted by Gasteiger charge is 2.10. The number of rotatable bonds is 3. The molecule has 0 N–H and O–H groups in total. The Morgan fingerprint density at radius 3 is 2.48 bits per heavy atom. The van der Waals surface area contributed by atoms with Gasteiger partial charge in [0, 0.05) is 31.9 Å². The van der Waals surface area contributed by atoms with Crippen LogP contribution < -0.4 is 4.90 Å². The average molecular weight is 276 g/mol. The van der Waals surface area contributed by atoms with Gasteiger partial charge in [0.25, 0.3) is 0 Å². The summed E-state index contributed by atoms with van der Waals surface area (Å²) >= 11 is 0. The van der Waals surface area contributed by atoms with E-state index >= 15 is 0 Å². The predicted molar refractivity (Wildman–Crippen MR) is 91.4 cm³/mol. The first-order valence-corrected chi connectivity index (χ1v) is 7.32. The van der Waals surface area contributed by atoms with Crippen LogP contribution in [-0.2, 0) is 6.42 Å². The Bertz CT molecular complexity index is 679. The Hall–Kier alpha value is -2.35. The molecule has 2 aromatic rings. The lowest BCUT2D eigenvalue weighted by molar-refractivity contribution is 0.946. The summed E-state index contributed by atoms with van der Waals surface area (Å²) < 4.78 is 0. The summed E-state index contributed by atoms with van der Waals surface area (Å²) in [7, 11) is 4.11. The first kappa shape index (κ1) is 13.6. The van der Waals surface area contributed by atoms with Gasteiger partial charge in [-0.05, 0) is 35.8 Å². The third-order valence-electron chi connectivity index (χ3n) is 3.80. The lowest BCUT2D eigenvalue weighted by Crippen LogP contribution is -2.10. The lowest BCUT2D eigenvalue weighted by Gasteiger charge is -2.14. The molecule has 21 heavy (non-hydrogen) atoms. The molecule has 0 fully saturated rings. The number of hydrogen-bond donors (Lipinski definition) is 0. The van der Waals surface area contributed by atoms with Crippen LogP contribution in [0.25, 0.3) is 6.08 Å². The Morgan fingerprint density at radius 1 is 0.952 bits per heavy atom. The Labute approximate surface area is 126 Å². The van der Waals surface area contributed by atoms with Gasteiger partial charge in [-0.15, -0.1) is 0 Å². The van der Waals surface area contributed by atoms with Crippen LogP contribution in [0.15, 0.2) is 59.6 Å². The predicted octanol–water partition coefficient (Wildman–Crippen LogP) is 3.81. The third kappa shape index (κ3) is 3.05. The zero-order valence-corrected chi connectivity index (χ0v) is 12.6. The fraction of sp³-hybridized carbons (Fsp3) is 0.211. The molecule has 0 amide bonds. The molecule has 0 unspecified atom stereocenters. The molecule has 0 saturated carbocycles. The van der Waals surface area contributed by atoms with Crippen molar-refractivity contribution >= 4 is 17.5 Å². The fourth-order valence-corrected chi connectivity index (χ4v) is 2.57. The molecule has 3 rings (SSSR count). The molecular weight excluding hydrogens is 256 g/mol. The summed E-state index contributed by atoms with van der Waals surface area (Å²) in [6.45, 7) is 0.885. The number of fused-ring (bicyclic) bond motifs is 1. The number of nitrogens with zero attached hydrogens (tertiary/aromatic N) is 2. The van der Waals surface area contributed by atoms with Gasteiger partial charge in [0.15, 0.2) is 0 Å². The van der Waals surface area contributed by atoms with Crippen LogP contribution in [0.5, 0.6) is 0 Å². The van der Waals surface area contributed by atoms with E-state index in [1.807, 2.05) is 0 Å². The second-order valence-corrected chi connectivity index (χ2v) is 5.49. The number of hydrogen-bond acceptors (Lipinski definition) is 2. The maximum atomic E-state index is 4.65. The molecule has 0 spiro atoms. The number of anilines is 1. The van der Waals surface area contributed by atoms with Gasteiger partial charge in [-0.25, -0.2) is 0 Å². The minimum absolute atomic E-state index is 0.885. The van der Waals surface area contributed by atoms with Crippen molar-refractivity contribution in [3.63, 3.8) is 0 Å². The van der Waals surface area contributed by atoms with Crippen LogP contribution in [0.1, 0.15) is 16.7 Å². The van der Waals surface area contributed by atoms with E-state index in [1.165, 1.54) is 22.4 Å². The Kier molecular flexibility index (Phi) is 3.87. The summed E-state index contributed by atoms with van der Waals surface area (Å²) in [5, 5.41) is 0. The first-order chi connectivity index (χ1) is 10.2. The quantitative estimate of drug-likeness (QED) is 0.832. The SMILES string of the molecule is CN(C)c1ccc(/C=C/C2=NCCc3ccccc32)cc1. The molecule has 2 aromatic carbocycles. The van der Waals surface area contributed by atoms with Gasteiger partial charge in [-0.1, -0.05) is 42.5 Å². The summed E-state index contributed by atoms with van der Waals surface area (Å²) in [5.74, 6) is 0. The number of aliphatic imine (C=N–C) groups is 1. The highest BCUT2D eigenvalue weighted by Crippen LogP contribution is 2.18. The largest absolute Gasteiger partial charge is 0.378 e. The topological polar surface area (TPSA) is 15.6 Å². The molecule has 0 bridgehead atoms. The molecular formula is C19H20N2. The van der Waals surface area contributed by atoms with Crippen molar-refractivity contribution in [3.05, 3.63) is 71.3 Å². The molecule has 0 aromatic heterocycles. The van der Waals surface area contributed by atoms with E-state index < -0.39 is 0 Å². The second-order valence-electron chi connectivity index (χ2n) is 5.49. The van der Waals surface area contributed by atoms with Gasteiger partial charge in [0.1, 0.15) is 0 Å². The molecule has 2 heteroatoms. The smallest absolute Gasteiger partial charge is 0.0649 e. The van der Waals surface area contributed by atoms with Gasteiger partial charge < -0.3 is 4.90 Å². The highest BCUT2D eigenvalue weighted by molar-refractivity contribution is 6.12. The maximum Gasteiger partial charge on any atom is 0.0649 e. The van der Waals surface area contributed by atoms with Crippen LogP contribution in [0.2, 0.25) is 0 Å². The van der Waals surface area contributed by atoms with Crippen LogP contribution in [-0.4, -0.2) is 26.4 Å². The molecule has 0 atom stereocenters. The van der Waals surface area contributed by atoms with Crippen LogP contribution in [0.4, 0.5) is 5.69 Å². The zero-order chi connectivity index (χ0) is 14.7. The lowest BCUT2D eigenvalue weighted by atomic mass is 9.97. The fourth-order valence-electron chi connectivity index (χ4n) is 2.57. The summed E-state index contributed by atoms with van der Waals surface area (Å²) in [5.41, 5.74) is 6.17. The summed E-state index contributed by atoms with van der Waals surface area (Å²) in [6.07, 6.45) is 5.31. The average Bonchev–Trinajstić information content (AvgIpc) is 2.53. The zero-order valence-electron chi connectivity index (χ0n) is 12.6. The first-order valence-electron chi connectivity index (χ1n) is 7.32. The normalized spacial score (nSPS) is 13.9. The van der Waals surface area contributed by atoms with Gasteiger partial charge in [-0.2, -0.15) is 0 Å². The number of allylic oxidation sites excluding steroid dienone is 1. The van der Waals surface area contributed by atoms with E-state index in [0.29, 0.717) is 0 Å². The van der Waals surface area contributed by atoms with Crippen molar-refractivity contribution in [2.24, 2.45) is 4.99 Å². The van der Waals surface area contributed by atoms with Crippen molar-refractivity contribution in [2.45, 2.75) is 6.42 Å². The molecule has 0 radical (unpaired) electrons. The van der Waals surface area contributed by atoms with Gasteiger partial charge >= 0.3 is 0 Å². The van der Waals surface area contributed by atoms with E-state index in [9.17, 15) is 0 Å². The Balaban J connectivity index is 1.81. The van der Waals surface area contributed by atoms with E-state index in [4.69, 9.17) is 0 Å². The molecule has 1 heterocycles. The molecule has 1 aliphatic rings. The van der Waals surface area contributed by atoms with E-state index in [2.05, 4.69) is 84.7 Å². The van der Waals surface area contributed by atoms with Gasteiger partial charge in [0.05, 0.1) is 5.71 Å². The molecule has 2 nitrogen and oxygen atoms in total. The molecule has 0 aliphatic carbocycles. The Morgan fingerprint density at radius 2 is 1.71 bits per heavy atom. The van der Waals surface area contributed by atoms with Gasteiger partial charge in [-0.3, -0.25) is 4.99 Å². The van der Waals surface area contributed by atoms with E-state index in [1.54, 1.807) is 0 Å². The molecule has 106 valence electrons. The third-order valence-corrected chi connectivity index (χ3v) is 3.80. The minimum atomic E-state index is 0.885. The van der Waals surface area contributed by atoms with E-state index in [0.717, 1.165) is 18.7 Å². The molecule has 0 saturated heterocycles. The van der Waals surface area contributed by atoms with Crippen LogP contribution in [0, 0.1) is 0 Å². The van der Waals surface area contributed by atoms with Crippen molar-refractivity contribution in [1.82, 2.24) is 0 Å². The maximum absolute atomic E-state index is 4.65. The van der Waals surface area contributed by atoms with E-state index in [-0.39, 0.29) is 0 Å². The van der Waals surface area contributed by atoms with Crippen molar-refractivity contribution in [2.75, 3.05) is 25.5 Å². The standard InChI is InChI=1S/C19H20N2/c1-21(2)17-10-7-15(8-11-17)9-12-19-18-6-4-3-5-16(18)13-14-20-19/h3-12H,13-14H2,1-2H3/b12-9+. The van der Waals surface area contributed by atoms with Crippen LogP contribution >= 0.6 is 0 Å². The van der Waals surface area contributed by atoms with Crippen molar-refractivity contribution in [1.29, 1.82) is 0 Å². The summed E-state index contributed by atoms with van der Waals surface area (Å²) in [4.78, 5) is 6.76. The van der Waals surface area contributed by atoms with Crippen molar-refractivity contribution in [3.8, 4) is 0 Å².